The number of fused-ring (bicyclic) bond motifs is 4. The second-order valence-electron chi connectivity index (χ2n) is 10.0. The lowest BCUT2D eigenvalue weighted by Crippen LogP contribution is -2.64. The average Bonchev–Trinajstić information content (AvgIpc) is 2.79. The van der Waals surface area contributed by atoms with Gasteiger partial charge in [0.25, 0.3) is 6.47 Å². The molecular formula is C26H40N2O5. The van der Waals surface area contributed by atoms with Crippen molar-refractivity contribution in [3.63, 3.8) is 0 Å². The zero-order valence-corrected chi connectivity index (χ0v) is 20.5. The lowest BCUT2D eigenvalue weighted by molar-refractivity contribution is -0.153. The minimum Gasteiger partial charge on any atom is -0.493 e. The van der Waals surface area contributed by atoms with Gasteiger partial charge in [0, 0.05) is 38.1 Å². The number of hydrogen-bond donors (Lipinski definition) is 1. The Bertz CT molecular complexity index is 799. The summed E-state index contributed by atoms with van der Waals surface area (Å²) >= 11 is 0. The van der Waals surface area contributed by atoms with Crippen molar-refractivity contribution < 1.29 is 24.2 Å². The summed E-state index contributed by atoms with van der Waals surface area (Å²) in [5.74, 6) is 3.90. The molecule has 0 saturated carbocycles. The number of ether oxygens (including phenoxy) is 2. The molecule has 7 nitrogen and oxygen atoms in total. The molecule has 2 bridgehead atoms. The van der Waals surface area contributed by atoms with Gasteiger partial charge in [0.1, 0.15) is 0 Å². The van der Waals surface area contributed by atoms with Crippen LogP contribution in [0, 0.1) is 17.8 Å². The van der Waals surface area contributed by atoms with E-state index < -0.39 is 0 Å². The molecule has 4 rings (SSSR count). The third-order valence-corrected chi connectivity index (χ3v) is 7.47. The van der Waals surface area contributed by atoms with Gasteiger partial charge < -0.3 is 19.5 Å². The molecule has 1 amide bonds. The molecule has 0 unspecified atom stereocenters. The summed E-state index contributed by atoms with van der Waals surface area (Å²) in [6, 6.07) is 7.14. The Morgan fingerprint density at radius 2 is 1.85 bits per heavy atom. The average molecular weight is 461 g/mol. The predicted octanol–water partition coefficient (Wildman–Crippen LogP) is 4.04. The standard InChI is InChI=1S/C25H38N2O3.CH2O2/c1-17(2)8-10-22-20-13-19(21-6-5-7-25(28)27(21)22)15-26(16-20)14-18-9-11-23(29-3)24(12-18)30-4;2-1-3/h9,11-12,17,19-22H,5-8,10,13-16H2,1-4H3;1H,(H,2,3)/t19-,20+,21+,22+;/m1./s1. The topological polar surface area (TPSA) is 79.3 Å². The van der Waals surface area contributed by atoms with Crippen LogP contribution in [-0.4, -0.2) is 66.7 Å². The van der Waals surface area contributed by atoms with E-state index in [1.54, 1.807) is 14.2 Å². The maximum Gasteiger partial charge on any atom is 0.290 e. The van der Waals surface area contributed by atoms with Crippen molar-refractivity contribution in [1.29, 1.82) is 0 Å². The van der Waals surface area contributed by atoms with Crippen LogP contribution < -0.4 is 9.47 Å². The first-order chi connectivity index (χ1) is 15.9. The number of carboxylic acid groups (broad SMARTS) is 1. The van der Waals surface area contributed by atoms with Gasteiger partial charge in [-0.05, 0) is 67.6 Å². The quantitative estimate of drug-likeness (QED) is 0.619. The molecule has 3 aliphatic heterocycles. The van der Waals surface area contributed by atoms with Crippen molar-refractivity contribution in [3.8, 4) is 11.5 Å². The van der Waals surface area contributed by atoms with Gasteiger partial charge in [-0.3, -0.25) is 14.5 Å². The van der Waals surface area contributed by atoms with Gasteiger partial charge in [-0.25, -0.2) is 0 Å². The van der Waals surface area contributed by atoms with Crippen LogP contribution in [0.4, 0.5) is 0 Å². The monoisotopic (exact) mass is 460 g/mol. The Hall–Kier alpha value is -2.28. The highest BCUT2D eigenvalue weighted by Gasteiger charge is 2.48. The lowest BCUT2D eigenvalue weighted by Gasteiger charge is -2.57. The summed E-state index contributed by atoms with van der Waals surface area (Å²) in [5.41, 5.74) is 1.27. The van der Waals surface area contributed by atoms with E-state index in [0.717, 1.165) is 50.4 Å². The lowest BCUT2D eigenvalue weighted by atomic mass is 9.70. The Morgan fingerprint density at radius 1 is 1.15 bits per heavy atom. The molecule has 1 aromatic carbocycles. The molecule has 0 radical (unpaired) electrons. The number of rotatable bonds is 7. The zero-order valence-electron chi connectivity index (χ0n) is 20.5. The molecule has 1 N–H and O–H groups in total. The number of amides is 1. The summed E-state index contributed by atoms with van der Waals surface area (Å²) in [6.45, 7) is 7.46. The van der Waals surface area contributed by atoms with Crippen LogP contribution in [0.2, 0.25) is 0 Å². The van der Waals surface area contributed by atoms with Crippen LogP contribution in [0.15, 0.2) is 18.2 Å². The van der Waals surface area contributed by atoms with E-state index in [0.29, 0.717) is 35.7 Å². The number of carbonyl (C=O) groups excluding carboxylic acids is 1. The van der Waals surface area contributed by atoms with Crippen molar-refractivity contribution >= 4 is 12.4 Å². The molecule has 3 fully saturated rings. The number of hydrogen-bond acceptors (Lipinski definition) is 5. The SMILES string of the molecule is COc1ccc(CN2C[C@H]3C[C@@H](C2)[C@H](CCC(C)C)N2C(=O)CCC[C@@H]32)cc1OC.O=CO. The molecular weight excluding hydrogens is 420 g/mol. The van der Waals surface area contributed by atoms with Crippen LogP contribution in [-0.2, 0) is 16.1 Å². The fourth-order valence-corrected chi connectivity index (χ4v) is 6.11. The first-order valence-electron chi connectivity index (χ1n) is 12.2. The normalized spacial score (nSPS) is 26.8. The molecule has 3 heterocycles. The molecule has 0 spiro atoms. The molecule has 0 aliphatic carbocycles. The van der Waals surface area contributed by atoms with Gasteiger partial charge in [-0.1, -0.05) is 19.9 Å². The van der Waals surface area contributed by atoms with Crippen molar-refractivity contribution in [2.24, 2.45) is 17.8 Å². The van der Waals surface area contributed by atoms with Crippen molar-refractivity contribution in [2.75, 3.05) is 27.3 Å². The third kappa shape index (κ3) is 5.99. The van der Waals surface area contributed by atoms with E-state index in [1.165, 1.54) is 24.8 Å². The molecule has 1 aromatic rings. The summed E-state index contributed by atoms with van der Waals surface area (Å²) < 4.78 is 10.9. The fraction of sp³-hybridized carbons (Fsp3) is 0.692. The Labute approximate surface area is 198 Å². The first-order valence-corrected chi connectivity index (χ1v) is 12.2. The van der Waals surface area contributed by atoms with E-state index in [9.17, 15) is 4.79 Å². The smallest absolute Gasteiger partial charge is 0.290 e. The zero-order chi connectivity index (χ0) is 24.0. The van der Waals surface area contributed by atoms with Crippen LogP contribution >= 0.6 is 0 Å². The van der Waals surface area contributed by atoms with Gasteiger partial charge in [0.05, 0.1) is 14.2 Å². The number of piperidine rings is 3. The van der Waals surface area contributed by atoms with Gasteiger partial charge in [0.15, 0.2) is 11.5 Å². The number of likely N-dealkylation sites (tertiary alicyclic amines) is 1. The van der Waals surface area contributed by atoms with Gasteiger partial charge in [-0.2, -0.15) is 0 Å². The van der Waals surface area contributed by atoms with Crippen molar-refractivity contribution in [1.82, 2.24) is 9.80 Å². The summed E-state index contributed by atoms with van der Waals surface area (Å²) in [6.07, 6.45) is 6.65. The van der Waals surface area contributed by atoms with Crippen LogP contribution in [0.5, 0.6) is 11.5 Å². The van der Waals surface area contributed by atoms with E-state index in [4.69, 9.17) is 19.4 Å². The van der Waals surface area contributed by atoms with Gasteiger partial charge in [0.2, 0.25) is 5.91 Å². The number of carbonyl (C=O) groups is 2. The third-order valence-electron chi connectivity index (χ3n) is 7.47. The highest BCUT2D eigenvalue weighted by molar-refractivity contribution is 5.78. The van der Waals surface area contributed by atoms with E-state index in [1.807, 2.05) is 6.07 Å². The molecule has 7 heteroatoms. The highest BCUT2D eigenvalue weighted by Crippen LogP contribution is 2.43. The minimum atomic E-state index is -0.250. The molecule has 33 heavy (non-hydrogen) atoms. The minimum absolute atomic E-state index is 0.250. The Balaban J connectivity index is 0.000000968. The van der Waals surface area contributed by atoms with Crippen LogP contribution in [0.1, 0.15) is 57.9 Å². The fourth-order valence-electron chi connectivity index (χ4n) is 6.11. The van der Waals surface area contributed by atoms with Crippen LogP contribution in [0.3, 0.4) is 0 Å². The van der Waals surface area contributed by atoms with E-state index in [-0.39, 0.29) is 6.47 Å². The number of nitrogens with zero attached hydrogens (tertiary/aromatic N) is 2. The molecule has 0 aromatic heterocycles. The Kier molecular flexibility index (Phi) is 9.01. The van der Waals surface area contributed by atoms with Crippen molar-refractivity contribution in [3.05, 3.63) is 23.8 Å². The highest BCUT2D eigenvalue weighted by atomic mass is 16.5. The maximum absolute atomic E-state index is 12.9. The largest absolute Gasteiger partial charge is 0.493 e. The van der Waals surface area contributed by atoms with Gasteiger partial charge in [-0.15, -0.1) is 0 Å². The number of methoxy groups -OCH3 is 2. The number of benzene rings is 1. The molecule has 3 aliphatic rings. The maximum atomic E-state index is 12.9. The summed E-state index contributed by atoms with van der Waals surface area (Å²) in [4.78, 5) is 26.2. The molecule has 3 saturated heterocycles. The van der Waals surface area contributed by atoms with E-state index >= 15 is 0 Å². The second-order valence-corrected chi connectivity index (χ2v) is 10.0. The summed E-state index contributed by atoms with van der Waals surface area (Å²) in [5, 5.41) is 6.89. The van der Waals surface area contributed by atoms with Crippen molar-refractivity contribution in [2.45, 2.75) is 71.0 Å². The summed E-state index contributed by atoms with van der Waals surface area (Å²) in [7, 11) is 3.37. The van der Waals surface area contributed by atoms with Gasteiger partial charge >= 0.3 is 0 Å². The van der Waals surface area contributed by atoms with Crippen LogP contribution in [0.25, 0.3) is 0 Å². The predicted molar refractivity (Wildman–Crippen MR) is 127 cm³/mol. The van der Waals surface area contributed by atoms with E-state index in [2.05, 4.69) is 35.8 Å². The molecule has 184 valence electrons. The Morgan fingerprint density at radius 3 is 2.52 bits per heavy atom. The second kappa shape index (κ2) is 11.7. The molecule has 4 atom stereocenters. The first kappa shape index (κ1) is 25.3.